The smallest absolute Gasteiger partial charge is 0.287 e. The second-order valence-corrected chi connectivity index (χ2v) is 8.36. The lowest BCUT2D eigenvalue weighted by molar-refractivity contribution is 0.0923. The summed E-state index contributed by atoms with van der Waals surface area (Å²) in [6, 6.07) is 10.9. The number of aryl methyl sites for hydroxylation is 3. The van der Waals surface area contributed by atoms with Crippen molar-refractivity contribution in [3.05, 3.63) is 85.2 Å². The van der Waals surface area contributed by atoms with Crippen LogP contribution in [-0.2, 0) is 6.54 Å². The molecule has 0 aliphatic carbocycles. The highest BCUT2D eigenvalue weighted by Gasteiger charge is 2.16. The summed E-state index contributed by atoms with van der Waals surface area (Å²) < 4.78 is 5.71. The molecule has 7 heteroatoms. The van der Waals surface area contributed by atoms with E-state index in [1.807, 2.05) is 43.5 Å². The topological polar surface area (TPSA) is 72.2 Å². The molecule has 30 heavy (non-hydrogen) atoms. The summed E-state index contributed by atoms with van der Waals surface area (Å²) in [5.41, 5.74) is 4.45. The first-order chi connectivity index (χ1) is 14.3. The summed E-state index contributed by atoms with van der Waals surface area (Å²) in [6.45, 7) is 5.87. The highest BCUT2D eigenvalue weighted by atomic mass is 35.5. The van der Waals surface area contributed by atoms with Crippen LogP contribution in [0.1, 0.15) is 32.9 Å². The molecule has 4 rings (SSSR count). The Labute approximate surface area is 182 Å². The van der Waals surface area contributed by atoms with Crippen molar-refractivity contribution in [2.45, 2.75) is 27.3 Å². The Morgan fingerprint density at radius 3 is 2.70 bits per heavy atom. The molecule has 0 radical (unpaired) electrons. The molecule has 0 spiro atoms. The molecule has 0 aliphatic heterocycles. The summed E-state index contributed by atoms with van der Waals surface area (Å²) in [7, 11) is 0. The van der Waals surface area contributed by atoms with Gasteiger partial charge in [0.1, 0.15) is 10.6 Å². The SMILES string of the molecule is Cc1ccccc1-c1nc(CNC(=O)c2cc(=O)c3c(C)c(Cl)c(C)cc3o2)cs1. The first kappa shape index (κ1) is 20.3. The van der Waals surface area contributed by atoms with Gasteiger partial charge in [-0.1, -0.05) is 35.9 Å². The lowest BCUT2D eigenvalue weighted by atomic mass is 10.1. The quantitative estimate of drug-likeness (QED) is 0.461. The van der Waals surface area contributed by atoms with Gasteiger partial charge >= 0.3 is 0 Å². The van der Waals surface area contributed by atoms with Crippen LogP contribution in [0.25, 0.3) is 21.5 Å². The summed E-state index contributed by atoms with van der Waals surface area (Å²) in [6.07, 6.45) is 0. The maximum Gasteiger partial charge on any atom is 0.287 e. The van der Waals surface area contributed by atoms with Crippen LogP contribution in [0.3, 0.4) is 0 Å². The average molecular weight is 439 g/mol. The Bertz CT molecular complexity index is 1340. The van der Waals surface area contributed by atoms with E-state index in [1.54, 1.807) is 13.0 Å². The van der Waals surface area contributed by atoms with E-state index in [9.17, 15) is 9.59 Å². The van der Waals surface area contributed by atoms with E-state index >= 15 is 0 Å². The molecule has 2 heterocycles. The number of benzene rings is 2. The normalized spacial score (nSPS) is 11.1. The van der Waals surface area contributed by atoms with Gasteiger partial charge in [0.15, 0.2) is 11.2 Å². The molecule has 0 fully saturated rings. The number of hydrogen-bond donors (Lipinski definition) is 1. The molecule has 4 aromatic rings. The summed E-state index contributed by atoms with van der Waals surface area (Å²) in [5.74, 6) is -0.507. The van der Waals surface area contributed by atoms with Crippen LogP contribution < -0.4 is 10.7 Å². The first-order valence-electron chi connectivity index (χ1n) is 9.37. The zero-order chi connectivity index (χ0) is 21.4. The standard InChI is InChI=1S/C23H19ClN2O3S/c1-12-6-4-5-7-16(12)23-26-15(11-30-23)10-25-22(28)19-9-17(27)20-14(3)21(24)13(2)8-18(20)29-19/h4-9,11H,10H2,1-3H3,(H,25,28). The predicted molar refractivity (Wildman–Crippen MR) is 120 cm³/mol. The van der Waals surface area contributed by atoms with E-state index in [2.05, 4.69) is 10.3 Å². The second kappa shape index (κ2) is 8.05. The fourth-order valence-electron chi connectivity index (χ4n) is 3.34. The number of rotatable bonds is 4. The minimum Gasteiger partial charge on any atom is -0.451 e. The number of hydrogen-bond acceptors (Lipinski definition) is 5. The molecule has 0 unspecified atom stereocenters. The summed E-state index contributed by atoms with van der Waals surface area (Å²) >= 11 is 7.76. The molecule has 0 saturated heterocycles. The molecule has 0 aliphatic rings. The molecule has 2 aromatic heterocycles. The van der Waals surface area contributed by atoms with Gasteiger partial charge in [-0.25, -0.2) is 4.98 Å². The van der Waals surface area contributed by atoms with Crippen molar-refractivity contribution in [1.29, 1.82) is 0 Å². The second-order valence-electron chi connectivity index (χ2n) is 7.12. The number of carbonyl (C=O) groups excluding carboxylic acids is 1. The number of amides is 1. The maximum absolute atomic E-state index is 12.6. The van der Waals surface area contributed by atoms with Crippen LogP contribution in [0.15, 0.2) is 51.0 Å². The molecular formula is C23H19ClN2O3S. The average Bonchev–Trinajstić information content (AvgIpc) is 3.19. The van der Waals surface area contributed by atoms with Crippen molar-refractivity contribution in [3.63, 3.8) is 0 Å². The number of nitrogens with one attached hydrogen (secondary N) is 1. The number of halogens is 1. The molecule has 2 aromatic carbocycles. The molecule has 1 amide bonds. The maximum atomic E-state index is 12.6. The summed E-state index contributed by atoms with van der Waals surface area (Å²) in [4.78, 5) is 29.7. The fourth-order valence-corrected chi connectivity index (χ4v) is 4.40. The third-order valence-corrected chi connectivity index (χ3v) is 6.46. The highest BCUT2D eigenvalue weighted by Crippen LogP contribution is 2.28. The Morgan fingerprint density at radius 2 is 1.93 bits per heavy atom. The lowest BCUT2D eigenvalue weighted by Crippen LogP contribution is -2.24. The summed E-state index contributed by atoms with van der Waals surface area (Å²) in [5, 5.41) is 6.50. The monoisotopic (exact) mass is 438 g/mol. The van der Waals surface area contributed by atoms with Crippen molar-refractivity contribution in [3.8, 4) is 10.6 Å². The number of aromatic nitrogens is 1. The van der Waals surface area contributed by atoms with E-state index in [0.29, 0.717) is 21.6 Å². The molecule has 152 valence electrons. The van der Waals surface area contributed by atoms with Gasteiger partial charge in [0.2, 0.25) is 0 Å². The van der Waals surface area contributed by atoms with Gasteiger partial charge < -0.3 is 9.73 Å². The van der Waals surface area contributed by atoms with Gasteiger partial charge in [0.05, 0.1) is 17.6 Å². The molecule has 0 bridgehead atoms. The minimum absolute atomic E-state index is 0.0389. The Hall–Kier alpha value is -2.96. The van der Waals surface area contributed by atoms with E-state index in [-0.39, 0.29) is 17.7 Å². The first-order valence-corrected chi connectivity index (χ1v) is 10.6. The van der Waals surface area contributed by atoms with Crippen molar-refractivity contribution < 1.29 is 9.21 Å². The van der Waals surface area contributed by atoms with Crippen molar-refractivity contribution in [2.75, 3.05) is 0 Å². The van der Waals surface area contributed by atoms with Crippen molar-refractivity contribution in [2.24, 2.45) is 0 Å². The van der Waals surface area contributed by atoms with E-state index in [0.717, 1.165) is 27.4 Å². The minimum atomic E-state index is -0.468. The van der Waals surface area contributed by atoms with E-state index < -0.39 is 5.91 Å². The molecule has 1 N–H and O–H groups in total. The van der Waals surface area contributed by atoms with Gasteiger partial charge in [-0.3, -0.25) is 9.59 Å². The molecule has 0 saturated carbocycles. The van der Waals surface area contributed by atoms with Gasteiger partial charge in [-0.05, 0) is 43.5 Å². The van der Waals surface area contributed by atoms with Crippen LogP contribution in [0.4, 0.5) is 0 Å². The largest absolute Gasteiger partial charge is 0.451 e. The van der Waals surface area contributed by atoms with Crippen LogP contribution in [0, 0.1) is 20.8 Å². The molecule has 5 nitrogen and oxygen atoms in total. The number of thiazole rings is 1. The van der Waals surface area contributed by atoms with Crippen LogP contribution in [-0.4, -0.2) is 10.9 Å². The molecular weight excluding hydrogens is 420 g/mol. The number of carbonyl (C=O) groups is 1. The third-order valence-electron chi connectivity index (χ3n) is 4.95. The Morgan fingerprint density at radius 1 is 1.17 bits per heavy atom. The van der Waals surface area contributed by atoms with Crippen LogP contribution in [0.2, 0.25) is 5.02 Å². The Kier molecular flexibility index (Phi) is 5.45. The zero-order valence-electron chi connectivity index (χ0n) is 16.7. The van der Waals surface area contributed by atoms with Gasteiger partial charge in [-0.15, -0.1) is 11.3 Å². The van der Waals surface area contributed by atoms with E-state index in [1.165, 1.54) is 17.4 Å². The van der Waals surface area contributed by atoms with Crippen LogP contribution in [0.5, 0.6) is 0 Å². The fraction of sp³-hybridized carbons (Fsp3) is 0.174. The molecule has 0 atom stereocenters. The zero-order valence-corrected chi connectivity index (χ0v) is 18.3. The number of nitrogens with zero attached hydrogens (tertiary/aromatic N) is 1. The van der Waals surface area contributed by atoms with Crippen molar-refractivity contribution in [1.82, 2.24) is 10.3 Å². The van der Waals surface area contributed by atoms with Crippen LogP contribution >= 0.6 is 22.9 Å². The van der Waals surface area contributed by atoms with Gasteiger partial charge in [0.25, 0.3) is 5.91 Å². The van der Waals surface area contributed by atoms with Crippen molar-refractivity contribution >= 4 is 39.8 Å². The predicted octanol–water partition coefficient (Wildman–Crippen LogP) is 5.43. The third kappa shape index (κ3) is 3.76. The Balaban J connectivity index is 1.55. The van der Waals surface area contributed by atoms with Gasteiger partial charge in [0, 0.05) is 22.0 Å². The van der Waals surface area contributed by atoms with Gasteiger partial charge in [-0.2, -0.15) is 0 Å². The lowest BCUT2D eigenvalue weighted by Gasteiger charge is -2.08. The van der Waals surface area contributed by atoms with E-state index in [4.69, 9.17) is 16.0 Å². The number of fused-ring (bicyclic) bond motifs is 1. The highest BCUT2D eigenvalue weighted by molar-refractivity contribution is 7.13.